The van der Waals surface area contributed by atoms with Crippen molar-refractivity contribution < 1.29 is 15.0 Å². The highest BCUT2D eigenvalue weighted by atomic mass is 16.4. The van der Waals surface area contributed by atoms with Gasteiger partial charge in [0, 0.05) is 6.42 Å². The number of aliphatic carboxylic acids is 1. The molecule has 2 N–H and O–H groups in total. The molecular formula is C5H10O3. The van der Waals surface area contributed by atoms with E-state index in [1.165, 1.54) is 0 Å². The fraction of sp³-hybridized carbons (Fsp3) is 0.400. The van der Waals surface area contributed by atoms with Crippen LogP contribution in [0.15, 0.2) is 12.8 Å². The van der Waals surface area contributed by atoms with Gasteiger partial charge in [0.05, 0.1) is 6.26 Å². The summed E-state index contributed by atoms with van der Waals surface area (Å²) in [6.07, 6.45) is 0.972. The summed E-state index contributed by atoms with van der Waals surface area (Å²) in [5.74, 6) is -0.745. The van der Waals surface area contributed by atoms with Gasteiger partial charge in [0.1, 0.15) is 0 Å². The van der Waals surface area contributed by atoms with Gasteiger partial charge in [-0.15, -0.1) is 0 Å². The van der Waals surface area contributed by atoms with Crippen LogP contribution >= 0.6 is 0 Å². The van der Waals surface area contributed by atoms with Crippen molar-refractivity contribution in [2.75, 3.05) is 0 Å². The van der Waals surface area contributed by atoms with Crippen molar-refractivity contribution in [1.29, 1.82) is 0 Å². The minimum atomic E-state index is -0.745. The first kappa shape index (κ1) is 10.1. The molecule has 0 unspecified atom stereocenters. The third-order valence-corrected chi connectivity index (χ3v) is 0.302. The van der Waals surface area contributed by atoms with Crippen LogP contribution in [0.25, 0.3) is 0 Å². The smallest absolute Gasteiger partial charge is 0.303 e. The number of aliphatic hydroxyl groups is 1. The highest BCUT2D eigenvalue weighted by Crippen LogP contribution is 1.67. The molecule has 0 aromatic carbocycles. The normalized spacial score (nSPS) is 6.12. The molecule has 0 radical (unpaired) electrons. The summed E-state index contributed by atoms with van der Waals surface area (Å²) in [5, 5.41) is 15.1. The van der Waals surface area contributed by atoms with Gasteiger partial charge >= 0.3 is 5.97 Å². The van der Waals surface area contributed by atoms with Gasteiger partial charge in [-0.25, -0.2) is 0 Å². The molecule has 8 heavy (non-hydrogen) atoms. The molecule has 0 atom stereocenters. The van der Waals surface area contributed by atoms with Crippen LogP contribution in [0, 0.1) is 0 Å². The summed E-state index contributed by atoms with van der Waals surface area (Å²) in [5.41, 5.74) is 0. The Labute approximate surface area is 48.3 Å². The van der Waals surface area contributed by atoms with Crippen LogP contribution in [0.5, 0.6) is 0 Å². The van der Waals surface area contributed by atoms with E-state index in [2.05, 4.69) is 6.58 Å². The van der Waals surface area contributed by atoms with Crippen molar-refractivity contribution in [3.63, 3.8) is 0 Å². The van der Waals surface area contributed by atoms with Crippen molar-refractivity contribution in [1.82, 2.24) is 0 Å². The second-order valence-corrected chi connectivity index (χ2v) is 0.930. The zero-order valence-electron chi connectivity index (χ0n) is 4.79. The number of aliphatic hydroxyl groups excluding tert-OH is 1. The first-order valence-electron chi connectivity index (χ1n) is 2.15. The van der Waals surface area contributed by atoms with Gasteiger partial charge in [-0.3, -0.25) is 4.79 Å². The van der Waals surface area contributed by atoms with Crippen LogP contribution in [0.3, 0.4) is 0 Å². The second-order valence-electron chi connectivity index (χ2n) is 0.930. The number of rotatable bonds is 1. The maximum atomic E-state index is 9.37. The molecule has 0 bridgehead atoms. The maximum absolute atomic E-state index is 9.37. The molecule has 0 amide bonds. The van der Waals surface area contributed by atoms with Gasteiger partial charge in [-0.05, 0) is 0 Å². The zero-order valence-corrected chi connectivity index (χ0v) is 4.79. The van der Waals surface area contributed by atoms with E-state index in [0.29, 0.717) is 0 Å². The van der Waals surface area contributed by atoms with Crippen LogP contribution in [0.1, 0.15) is 13.3 Å². The summed E-state index contributed by atoms with van der Waals surface area (Å²) >= 11 is 0. The van der Waals surface area contributed by atoms with Crippen molar-refractivity contribution >= 4 is 5.97 Å². The highest BCUT2D eigenvalue weighted by molar-refractivity contribution is 5.66. The lowest BCUT2D eigenvalue weighted by atomic mass is 10.5. The molecule has 0 rings (SSSR count). The fourth-order valence-corrected chi connectivity index (χ4v) is 0. The third-order valence-electron chi connectivity index (χ3n) is 0.302. The van der Waals surface area contributed by atoms with Crippen molar-refractivity contribution in [3.8, 4) is 0 Å². The summed E-state index contributed by atoms with van der Waals surface area (Å²) < 4.78 is 0. The van der Waals surface area contributed by atoms with Crippen LogP contribution in [-0.4, -0.2) is 16.2 Å². The number of hydrogen-bond acceptors (Lipinski definition) is 2. The molecule has 0 saturated heterocycles. The largest absolute Gasteiger partial charge is 0.516 e. The Balaban J connectivity index is 0. The Morgan fingerprint density at radius 3 is 2.00 bits per heavy atom. The van der Waals surface area contributed by atoms with Gasteiger partial charge in [0.15, 0.2) is 0 Å². The molecule has 3 nitrogen and oxygen atoms in total. The van der Waals surface area contributed by atoms with E-state index in [1.807, 2.05) is 0 Å². The first-order valence-corrected chi connectivity index (χ1v) is 2.15. The lowest BCUT2D eigenvalue weighted by Crippen LogP contribution is -1.86. The summed E-state index contributed by atoms with van der Waals surface area (Å²) in [6.45, 7) is 4.52. The van der Waals surface area contributed by atoms with Gasteiger partial charge in [0.25, 0.3) is 0 Å². The lowest BCUT2D eigenvalue weighted by Gasteiger charge is -1.71. The van der Waals surface area contributed by atoms with Crippen molar-refractivity contribution in [3.05, 3.63) is 12.8 Å². The van der Waals surface area contributed by atoms with E-state index in [4.69, 9.17) is 10.2 Å². The predicted octanol–water partition coefficient (Wildman–Crippen LogP) is 1.17. The summed E-state index contributed by atoms with van der Waals surface area (Å²) in [4.78, 5) is 9.37. The number of carboxylic acids is 1. The zero-order chi connectivity index (χ0) is 6.99. The lowest BCUT2D eigenvalue weighted by molar-refractivity contribution is -0.136. The molecule has 0 aliphatic heterocycles. The highest BCUT2D eigenvalue weighted by Gasteiger charge is 1.80. The Morgan fingerprint density at radius 2 is 2.00 bits per heavy atom. The minimum Gasteiger partial charge on any atom is -0.516 e. The van der Waals surface area contributed by atoms with E-state index < -0.39 is 5.97 Å². The van der Waals surface area contributed by atoms with Gasteiger partial charge < -0.3 is 10.2 Å². The van der Waals surface area contributed by atoms with Crippen LogP contribution < -0.4 is 0 Å². The quantitative estimate of drug-likeness (QED) is 0.508. The molecule has 0 heterocycles. The molecule has 0 aliphatic carbocycles. The maximum Gasteiger partial charge on any atom is 0.303 e. The standard InChI is InChI=1S/C3H6O2.C2H4O/c1-2-3(4)5;1-2-3/h2H2,1H3,(H,4,5);2-3H,1H2. The van der Waals surface area contributed by atoms with Gasteiger partial charge in [0.2, 0.25) is 0 Å². The fourth-order valence-electron chi connectivity index (χ4n) is 0. The van der Waals surface area contributed by atoms with E-state index in [9.17, 15) is 4.79 Å². The van der Waals surface area contributed by atoms with Gasteiger partial charge in [-0.1, -0.05) is 13.5 Å². The molecule has 0 fully saturated rings. The van der Waals surface area contributed by atoms with E-state index in [1.54, 1.807) is 6.92 Å². The van der Waals surface area contributed by atoms with E-state index >= 15 is 0 Å². The van der Waals surface area contributed by atoms with Crippen LogP contribution in [0.2, 0.25) is 0 Å². The molecule has 0 spiro atoms. The molecule has 3 heteroatoms. The van der Waals surface area contributed by atoms with E-state index in [-0.39, 0.29) is 6.42 Å². The molecule has 0 saturated carbocycles. The summed E-state index contributed by atoms with van der Waals surface area (Å²) in [6, 6.07) is 0. The Kier molecular flexibility index (Phi) is 11.8. The second kappa shape index (κ2) is 9.38. The monoisotopic (exact) mass is 118 g/mol. The third kappa shape index (κ3) is 79.0. The molecule has 0 aromatic heterocycles. The average Bonchev–Trinajstić information content (AvgIpc) is 1.69. The Morgan fingerprint density at radius 1 is 1.88 bits per heavy atom. The van der Waals surface area contributed by atoms with Crippen LogP contribution in [-0.2, 0) is 4.79 Å². The number of carboxylic acid groups (broad SMARTS) is 1. The topological polar surface area (TPSA) is 57.5 Å². The van der Waals surface area contributed by atoms with Gasteiger partial charge in [-0.2, -0.15) is 0 Å². The van der Waals surface area contributed by atoms with E-state index in [0.717, 1.165) is 6.26 Å². The Bertz CT molecular complexity index is 68.1. The molecular weight excluding hydrogens is 108 g/mol. The summed E-state index contributed by atoms with van der Waals surface area (Å²) in [7, 11) is 0. The number of hydrogen-bond donors (Lipinski definition) is 2. The predicted molar refractivity (Wildman–Crippen MR) is 30.8 cm³/mol. The minimum absolute atomic E-state index is 0.222. The molecule has 0 aromatic rings. The van der Waals surface area contributed by atoms with Crippen molar-refractivity contribution in [2.24, 2.45) is 0 Å². The Hall–Kier alpha value is -0.990. The van der Waals surface area contributed by atoms with Crippen molar-refractivity contribution in [2.45, 2.75) is 13.3 Å². The number of carbonyl (C=O) groups is 1. The molecule has 48 valence electrons. The molecule has 0 aliphatic rings. The van der Waals surface area contributed by atoms with Crippen LogP contribution in [0.4, 0.5) is 0 Å². The average molecular weight is 118 g/mol. The SMILES string of the molecule is C=CO.CCC(=O)O. The first-order chi connectivity index (χ1) is 3.68.